The lowest BCUT2D eigenvalue weighted by molar-refractivity contribution is 0.0563. The smallest absolute Gasteiger partial charge is 0.374 e. The van der Waals surface area contributed by atoms with Gasteiger partial charge in [-0.05, 0) is 40.2 Å². The lowest BCUT2D eigenvalue weighted by atomic mass is 10.2. The zero-order valence-electron chi connectivity index (χ0n) is 10.1. The van der Waals surface area contributed by atoms with Crippen LogP contribution in [0.5, 0.6) is 0 Å². The monoisotopic (exact) mass is 327 g/mol. The quantitative estimate of drug-likeness (QED) is 0.872. The number of esters is 1. The molecular formula is C13H11BrFNO3. The Balaban J connectivity index is 2.10. The zero-order valence-corrected chi connectivity index (χ0v) is 11.7. The fraction of sp³-hybridized carbons (Fsp3) is 0.154. The predicted octanol–water partition coefficient (Wildman–Crippen LogP) is 3.58. The van der Waals surface area contributed by atoms with Crippen molar-refractivity contribution in [1.29, 1.82) is 0 Å². The van der Waals surface area contributed by atoms with Crippen molar-refractivity contribution in [3.05, 3.63) is 52.1 Å². The van der Waals surface area contributed by atoms with Gasteiger partial charge in [-0.1, -0.05) is 0 Å². The van der Waals surface area contributed by atoms with Crippen molar-refractivity contribution in [2.45, 2.75) is 6.54 Å². The van der Waals surface area contributed by atoms with Gasteiger partial charge >= 0.3 is 5.97 Å². The standard InChI is InChI=1S/C13H11BrFNO3/c1-18-13(17)12-8(4-5-19-12)7-16-11-3-2-9(15)6-10(11)14/h2-6,16H,7H2,1H3. The van der Waals surface area contributed by atoms with Crippen LogP contribution < -0.4 is 5.32 Å². The second-order valence-corrected chi connectivity index (χ2v) is 4.60. The Bertz CT molecular complexity index is 597. The van der Waals surface area contributed by atoms with Crippen molar-refractivity contribution >= 4 is 27.6 Å². The van der Waals surface area contributed by atoms with Crippen molar-refractivity contribution in [3.8, 4) is 0 Å². The number of rotatable bonds is 4. The maximum Gasteiger partial charge on any atom is 0.374 e. The van der Waals surface area contributed by atoms with Crippen molar-refractivity contribution in [3.63, 3.8) is 0 Å². The number of nitrogens with one attached hydrogen (secondary N) is 1. The summed E-state index contributed by atoms with van der Waals surface area (Å²) in [7, 11) is 1.29. The lowest BCUT2D eigenvalue weighted by Crippen LogP contribution is -2.07. The number of ether oxygens (including phenoxy) is 1. The number of carbonyl (C=O) groups is 1. The molecule has 19 heavy (non-hydrogen) atoms. The average molecular weight is 328 g/mol. The van der Waals surface area contributed by atoms with Crippen LogP contribution in [0.25, 0.3) is 0 Å². The number of anilines is 1. The van der Waals surface area contributed by atoms with E-state index < -0.39 is 5.97 Å². The van der Waals surface area contributed by atoms with Crippen LogP contribution >= 0.6 is 15.9 Å². The minimum atomic E-state index is -0.528. The highest BCUT2D eigenvalue weighted by Gasteiger charge is 2.15. The van der Waals surface area contributed by atoms with Crippen LogP contribution in [-0.2, 0) is 11.3 Å². The molecule has 1 aromatic carbocycles. The third-order valence-electron chi connectivity index (χ3n) is 2.52. The zero-order chi connectivity index (χ0) is 13.8. The summed E-state index contributed by atoms with van der Waals surface area (Å²) in [5.41, 5.74) is 1.39. The number of halogens is 2. The van der Waals surface area contributed by atoms with Gasteiger partial charge in [0, 0.05) is 22.3 Å². The first-order chi connectivity index (χ1) is 9.11. The van der Waals surface area contributed by atoms with E-state index in [4.69, 9.17) is 4.42 Å². The van der Waals surface area contributed by atoms with Gasteiger partial charge in [0.1, 0.15) is 5.82 Å². The molecule has 0 bridgehead atoms. The number of hydrogen-bond donors (Lipinski definition) is 1. The van der Waals surface area contributed by atoms with Crippen molar-refractivity contribution in [1.82, 2.24) is 0 Å². The van der Waals surface area contributed by atoms with Gasteiger partial charge in [0.25, 0.3) is 0 Å². The van der Waals surface area contributed by atoms with E-state index in [9.17, 15) is 9.18 Å². The predicted molar refractivity (Wildman–Crippen MR) is 71.5 cm³/mol. The van der Waals surface area contributed by atoms with Gasteiger partial charge in [-0.25, -0.2) is 9.18 Å². The molecular weight excluding hydrogens is 317 g/mol. The molecule has 0 unspecified atom stereocenters. The molecule has 0 fully saturated rings. The molecule has 1 N–H and O–H groups in total. The fourth-order valence-corrected chi connectivity index (χ4v) is 2.06. The van der Waals surface area contributed by atoms with Gasteiger partial charge in [-0.2, -0.15) is 0 Å². The number of methoxy groups -OCH3 is 1. The summed E-state index contributed by atoms with van der Waals surface area (Å²) >= 11 is 3.25. The highest BCUT2D eigenvalue weighted by atomic mass is 79.9. The number of benzene rings is 1. The van der Waals surface area contributed by atoms with E-state index >= 15 is 0 Å². The Morgan fingerprint density at radius 3 is 2.95 bits per heavy atom. The van der Waals surface area contributed by atoms with Crippen LogP contribution in [0, 0.1) is 5.82 Å². The first-order valence-corrected chi connectivity index (χ1v) is 6.24. The van der Waals surface area contributed by atoms with Crippen LogP contribution in [-0.4, -0.2) is 13.1 Å². The first-order valence-electron chi connectivity index (χ1n) is 5.45. The maximum absolute atomic E-state index is 12.9. The van der Waals surface area contributed by atoms with Gasteiger partial charge in [0.05, 0.1) is 13.4 Å². The summed E-state index contributed by atoms with van der Waals surface area (Å²) in [5, 5.41) is 3.08. The molecule has 1 heterocycles. The number of furan rings is 1. The second kappa shape index (κ2) is 5.88. The molecule has 0 aliphatic heterocycles. The molecule has 0 aliphatic carbocycles. The molecule has 0 radical (unpaired) electrons. The number of hydrogen-bond acceptors (Lipinski definition) is 4. The highest BCUT2D eigenvalue weighted by molar-refractivity contribution is 9.10. The van der Waals surface area contributed by atoms with Crippen LogP contribution in [0.3, 0.4) is 0 Å². The van der Waals surface area contributed by atoms with Crippen molar-refractivity contribution in [2.75, 3.05) is 12.4 Å². The lowest BCUT2D eigenvalue weighted by Gasteiger charge is -2.08. The molecule has 6 heteroatoms. The topological polar surface area (TPSA) is 51.5 Å². The molecule has 0 aliphatic rings. The van der Waals surface area contributed by atoms with Gasteiger partial charge < -0.3 is 14.5 Å². The molecule has 0 atom stereocenters. The van der Waals surface area contributed by atoms with E-state index in [1.807, 2.05) is 0 Å². The summed E-state index contributed by atoms with van der Waals surface area (Å²) in [6.45, 7) is 0.366. The molecule has 0 saturated heterocycles. The normalized spacial score (nSPS) is 10.3. The molecule has 2 rings (SSSR count). The molecule has 1 aromatic heterocycles. The average Bonchev–Trinajstić information content (AvgIpc) is 2.85. The van der Waals surface area contributed by atoms with E-state index in [-0.39, 0.29) is 11.6 Å². The molecule has 0 saturated carbocycles. The summed E-state index contributed by atoms with van der Waals surface area (Å²) in [6, 6.07) is 6.00. The molecule has 100 valence electrons. The van der Waals surface area contributed by atoms with Gasteiger partial charge in [-0.3, -0.25) is 0 Å². The number of carbonyl (C=O) groups excluding carboxylic acids is 1. The Kier molecular flexibility index (Phi) is 4.21. The Labute approximate surface area is 117 Å². The van der Waals surface area contributed by atoms with E-state index in [0.29, 0.717) is 16.6 Å². The second-order valence-electron chi connectivity index (χ2n) is 3.74. The minimum Gasteiger partial charge on any atom is -0.463 e. The van der Waals surface area contributed by atoms with Gasteiger partial charge in [0.2, 0.25) is 5.76 Å². The highest BCUT2D eigenvalue weighted by Crippen LogP contribution is 2.24. The maximum atomic E-state index is 12.9. The fourth-order valence-electron chi connectivity index (χ4n) is 1.57. The molecule has 0 amide bonds. The largest absolute Gasteiger partial charge is 0.463 e. The van der Waals surface area contributed by atoms with E-state index in [1.54, 1.807) is 12.1 Å². The summed E-state index contributed by atoms with van der Waals surface area (Å²) in [6.07, 6.45) is 1.42. The molecule has 0 spiro atoms. The summed E-state index contributed by atoms with van der Waals surface area (Å²) < 4.78 is 23.2. The van der Waals surface area contributed by atoms with E-state index in [0.717, 1.165) is 5.69 Å². The Hall–Kier alpha value is -1.82. The Morgan fingerprint density at radius 2 is 2.26 bits per heavy atom. The Morgan fingerprint density at radius 1 is 1.47 bits per heavy atom. The SMILES string of the molecule is COC(=O)c1occc1CNc1ccc(F)cc1Br. The van der Waals surface area contributed by atoms with Gasteiger partial charge in [-0.15, -0.1) is 0 Å². The first kappa shape index (κ1) is 13.6. The van der Waals surface area contributed by atoms with E-state index in [2.05, 4.69) is 26.0 Å². The molecule has 4 nitrogen and oxygen atoms in total. The summed E-state index contributed by atoms with van der Waals surface area (Å²) in [4.78, 5) is 11.4. The van der Waals surface area contributed by atoms with Crippen LogP contribution in [0.1, 0.15) is 16.1 Å². The minimum absolute atomic E-state index is 0.160. The van der Waals surface area contributed by atoms with Crippen molar-refractivity contribution < 1.29 is 18.3 Å². The molecule has 2 aromatic rings. The van der Waals surface area contributed by atoms with Crippen LogP contribution in [0.15, 0.2) is 39.4 Å². The van der Waals surface area contributed by atoms with Crippen molar-refractivity contribution in [2.24, 2.45) is 0 Å². The van der Waals surface area contributed by atoms with E-state index in [1.165, 1.54) is 25.5 Å². The van der Waals surface area contributed by atoms with Crippen LogP contribution in [0.2, 0.25) is 0 Å². The summed E-state index contributed by atoms with van der Waals surface area (Å²) in [5.74, 6) is -0.691. The third kappa shape index (κ3) is 3.14. The van der Waals surface area contributed by atoms with Crippen LogP contribution in [0.4, 0.5) is 10.1 Å². The third-order valence-corrected chi connectivity index (χ3v) is 3.17. The van der Waals surface area contributed by atoms with Gasteiger partial charge in [0.15, 0.2) is 0 Å².